The number of fused-ring (bicyclic) bond motifs is 1. The van der Waals surface area contributed by atoms with E-state index >= 15 is 0 Å². The van der Waals surface area contributed by atoms with E-state index in [0.717, 1.165) is 54.7 Å². The summed E-state index contributed by atoms with van der Waals surface area (Å²) in [4.78, 5) is 21.8. The standard InChI is InChI=1S/C31H32N6O2S/c1-20-16-36(17-21(2)39-20)27-10-11-28-29(13-27)40-31(34-28)35-30(38)25-5-3-4-23(12-25)18-37-19-26(15-33-37)24-8-6-22(14-32)7-9-24/h3-9,12,15,19-21,27H,10-11,13,16-18H2,1-2H3,(H,34,35,38)/t20-,21+,27?. The molecule has 40 heavy (non-hydrogen) atoms. The van der Waals surface area contributed by atoms with Gasteiger partial charge in [0, 0.05) is 41.3 Å². The third-order valence-corrected chi connectivity index (χ3v) is 8.65. The maximum Gasteiger partial charge on any atom is 0.257 e. The molecule has 0 bridgehead atoms. The van der Waals surface area contributed by atoms with E-state index in [-0.39, 0.29) is 18.1 Å². The summed E-state index contributed by atoms with van der Waals surface area (Å²) in [6.45, 7) is 6.78. The number of nitrogens with zero attached hydrogens (tertiary/aromatic N) is 5. The molecule has 1 aliphatic carbocycles. The van der Waals surface area contributed by atoms with Gasteiger partial charge < -0.3 is 4.74 Å². The molecule has 2 aromatic carbocycles. The van der Waals surface area contributed by atoms with Gasteiger partial charge in [0.15, 0.2) is 5.13 Å². The molecule has 1 amide bonds. The molecule has 8 nitrogen and oxygen atoms in total. The first-order valence-electron chi connectivity index (χ1n) is 13.7. The maximum absolute atomic E-state index is 13.1. The molecular weight excluding hydrogens is 520 g/mol. The minimum absolute atomic E-state index is 0.154. The Kier molecular flexibility index (Phi) is 7.48. The van der Waals surface area contributed by atoms with E-state index in [2.05, 4.69) is 35.2 Å². The molecule has 0 radical (unpaired) electrons. The van der Waals surface area contributed by atoms with E-state index in [0.29, 0.717) is 28.8 Å². The van der Waals surface area contributed by atoms with Crippen LogP contribution in [0.15, 0.2) is 60.9 Å². The van der Waals surface area contributed by atoms with E-state index in [9.17, 15) is 4.79 Å². The number of thiazole rings is 1. The first-order valence-corrected chi connectivity index (χ1v) is 14.6. The van der Waals surface area contributed by atoms with Crippen molar-refractivity contribution >= 4 is 22.4 Å². The van der Waals surface area contributed by atoms with Gasteiger partial charge in [-0.15, -0.1) is 11.3 Å². The van der Waals surface area contributed by atoms with Crippen molar-refractivity contribution in [2.75, 3.05) is 18.4 Å². The molecule has 2 aromatic heterocycles. The quantitative estimate of drug-likeness (QED) is 0.356. The Morgan fingerprint density at radius 3 is 2.73 bits per heavy atom. The molecule has 0 spiro atoms. The normalized spacial score (nSPS) is 21.0. The van der Waals surface area contributed by atoms with Crippen LogP contribution in [-0.4, -0.2) is 56.9 Å². The number of nitrogens with one attached hydrogen (secondary N) is 1. The number of anilines is 1. The van der Waals surface area contributed by atoms with Crippen LogP contribution >= 0.6 is 11.3 Å². The first-order chi connectivity index (χ1) is 19.4. The van der Waals surface area contributed by atoms with Gasteiger partial charge in [-0.1, -0.05) is 24.3 Å². The van der Waals surface area contributed by atoms with Gasteiger partial charge in [-0.2, -0.15) is 10.4 Å². The van der Waals surface area contributed by atoms with Crippen LogP contribution in [0, 0.1) is 11.3 Å². The van der Waals surface area contributed by atoms with Gasteiger partial charge in [0.25, 0.3) is 5.91 Å². The Morgan fingerprint density at radius 2 is 1.95 bits per heavy atom. The Bertz CT molecular complexity index is 1540. The molecule has 1 fully saturated rings. The van der Waals surface area contributed by atoms with Crippen molar-refractivity contribution < 1.29 is 9.53 Å². The molecule has 9 heteroatoms. The van der Waals surface area contributed by atoms with Crippen molar-refractivity contribution in [2.24, 2.45) is 0 Å². The lowest BCUT2D eigenvalue weighted by Crippen LogP contribution is -2.51. The number of aromatic nitrogens is 3. The monoisotopic (exact) mass is 552 g/mol. The lowest BCUT2D eigenvalue weighted by Gasteiger charge is -2.41. The molecule has 6 rings (SSSR count). The number of ether oxygens (including phenoxy) is 1. The van der Waals surface area contributed by atoms with Crippen LogP contribution in [0.1, 0.15) is 52.3 Å². The highest BCUT2D eigenvalue weighted by Gasteiger charge is 2.32. The van der Waals surface area contributed by atoms with Gasteiger partial charge in [0.05, 0.1) is 42.3 Å². The van der Waals surface area contributed by atoms with Crippen LogP contribution in [0.5, 0.6) is 0 Å². The number of aryl methyl sites for hydroxylation is 1. The fourth-order valence-electron chi connectivity index (χ4n) is 5.74. The number of hydrogen-bond donors (Lipinski definition) is 1. The zero-order chi connectivity index (χ0) is 27.6. The summed E-state index contributed by atoms with van der Waals surface area (Å²) in [5.41, 5.74) is 5.31. The molecule has 2 aliphatic rings. The summed E-state index contributed by atoms with van der Waals surface area (Å²) in [5, 5.41) is 17.2. The fraction of sp³-hybridized carbons (Fsp3) is 0.355. The van der Waals surface area contributed by atoms with E-state index in [1.165, 1.54) is 4.88 Å². The van der Waals surface area contributed by atoms with E-state index in [1.54, 1.807) is 23.5 Å². The van der Waals surface area contributed by atoms with Crippen molar-refractivity contribution in [3.8, 4) is 17.2 Å². The van der Waals surface area contributed by atoms with Crippen molar-refractivity contribution in [3.05, 3.63) is 88.2 Å². The van der Waals surface area contributed by atoms with Crippen LogP contribution in [0.25, 0.3) is 11.1 Å². The van der Waals surface area contributed by atoms with E-state index in [4.69, 9.17) is 15.0 Å². The summed E-state index contributed by atoms with van der Waals surface area (Å²) in [6.07, 6.45) is 7.31. The van der Waals surface area contributed by atoms with Crippen LogP contribution in [0.2, 0.25) is 0 Å². The van der Waals surface area contributed by atoms with Gasteiger partial charge in [-0.05, 0) is 68.5 Å². The van der Waals surface area contributed by atoms with Crippen molar-refractivity contribution in [1.82, 2.24) is 19.7 Å². The minimum Gasteiger partial charge on any atom is -0.373 e. The molecule has 204 valence electrons. The van der Waals surface area contributed by atoms with Gasteiger partial charge in [0.1, 0.15) is 0 Å². The highest BCUT2D eigenvalue weighted by molar-refractivity contribution is 7.15. The van der Waals surface area contributed by atoms with E-state index in [1.807, 2.05) is 53.5 Å². The van der Waals surface area contributed by atoms with Gasteiger partial charge >= 0.3 is 0 Å². The molecule has 1 aliphatic heterocycles. The molecule has 3 atom stereocenters. The lowest BCUT2D eigenvalue weighted by molar-refractivity contribution is -0.0815. The zero-order valence-corrected chi connectivity index (χ0v) is 23.5. The van der Waals surface area contributed by atoms with Crippen LogP contribution in [0.3, 0.4) is 0 Å². The summed E-state index contributed by atoms with van der Waals surface area (Å²) in [5.74, 6) is -0.154. The average Bonchev–Trinajstić information content (AvgIpc) is 3.59. The number of carbonyl (C=O) groups excluding carboxylic acids is 1. The Morgan fingerprint density at radius 1 is 1.15 bits per heavy atom. The number of nitriles is 1. The molecule has 1 N–H and O–H groups in total. The zero-order valence-electron chi connectivity index (χ0n) is 22.7. The summed E-state index contributed by atoms with van der Waals surface area (Å²) in [7, 11) is 0. The molecule has 4 aromatic rings. The number of benzene rings is 2. The van der Waals surface area contributed by atoms with Crippen molar-refractivity contribution in [3.63, 3.8) is 0 Å². The smallest absolute Gasteiger partial charge is 0.257 e. The summed E-state index contributed by atoms with van der Waals surface area (Å²) >= 11 is 1.60. The SMILES string of the molecule is C[C@@H]1CN(C2CCc3nc(NC(=O)c4cccc(Cn5cc(-c6ccc(C#N)cc6)cn5)c4)sc3C2)C[C@H](C)O1. The highest BCUT2D eigenvalue weighted by atomic mass is 32.1. The van der Waals surface area contributed by atoms with Gasteiger partial charge in [-0.3, -0.25) is 19.7 Å². The molecule has 1 unspecified atom stereocenters. The number of rotatable bonds is 6. The average molecular weight is 553 g/mol. The third kappa shape index (κ3) is 5.85. The highest BCUT2D eigenvalue weighted by Crippen LogP contribution is 2.33. The Hall–Kier alpha value is -3.84. The Balaban J connectivity index is 1.09. The number of amides is 1. The third-order valence-electron chi connectivity index (χ3n) is 7.61. The minimum atomic E-state index is -0.154. The van der Waals surface area contributed by atoms with Crippen molar-refractivity contribution in [1.29, 1.82) is 5.26 Å². The maximum atomic E-state index is 13.1. The van der Waals surface area contributed by atoms with Crippen LogP contribution < -0.4 is 5.32 Å². The number of carbonyl (C=O) groups is 1. The number of morpholine rings is 1. The summed E-state index contributed by atoms with van der Waals surface area (Å²) in [6, 6.07) is 17.7. The Labute approximate surface area is 238 Å². The second-order valence-electron chi connectivity index (χ2n) is 10.8. The predicted molar refractivity (Wildman–Crippen MR) is 155 cm³/mol. The fourth-order valence-corrected chi connectivity index (χ4v) is 6.82. The molecule has 1 saturated heterocycles. The topological polar surface area (TPSA) is 96.1 Å². The molecule has 0 saturated carbocycles. The summed E-state index contributed by atoms with van der Waals surface area (Å²) < 4.78 is 7.78. The molecular formula is C31H32N6O2S. The largest absolute Gasteiger partial charge is 0.373 e. The van der Waals surface area contributed by atoms with E-state index < -0.39 is 0 Å². The van der Waals surface area contributed by atoms with Crippen LogP contribution in [0.4, 0.5) is 5.13 Å². The molecule has 3 heterocycles. The second-order valence-corrected chi connectivity index (χ2v) is 11.9. The first kappa shape index (κ1) is 26.4. The lowest BCUT2D eigenvalue weighted by atomic mass is 9.95. The van der Waals surface area contributed by atoms with Crippen molar-refractivity contribution in [2.45, 2.75) is 57.9 Å². The number of hydrogen-bond acceptors (Lipinski definition) is 7. The van der Waals surface area contributed by atoms with Crippen LogP contribution in [-0.2, 0) is 24.1 Å². The predicted octanol–water partition coefficient (Wildman–Crippen LogP) is 5.15. The second kappa shape index (κ2) is 11.3. The van der Waals surface area contributed by atoms with Gasteiger partial charge in [-0.25, -0.2) is 4.98 Å². The van der Waals surface area contributed by atoms with Gasteiger partial charge in [0.2, 0.25) is 0 Å².